The molecule has 9 aromatic rings. The van der Waals surface area contributed by atoms with E-state index in [1.54, 1.807) is 12.1 Å². The highest BCUT2D eigenvalue weighted by Crippen LogP contribution is 2.46. The van der Waals surface area contributed by atoms with Crippen molar-refractivity contribution in [2.75, 3.05) is 0 Å². The average Bonchev–Trinajstić information content (AvgIpc) is 3.22. The molecule has 0 amide bonds. The molecule has 2 heterocycles. The van der Waals surface area contributed by atoms with Gasteiger partial charge in [-0.1, -0.05) is 133 Å². The van der Waals surface area contributed by atoms with Crippen LogP contribution in [0.15, 0.2) is 146 Å². The van der Waals surface area contributed by atoms with Gasteiger partial charge in [0, 0.05) is 32.8 Å². The predicted molar refractivity (Wildman–Crippen MR) is 199 cm³/mol. The number of hydrogen-bond acceptors (Lipinski definition) is 3. The Bertz CT molecular complexity index is 2850. The van der Waals surface area contributed by atoms with Gasteiger partial charge in [-0.2, -0.15) is 0 Å². The Hall–Kier alpha value is -6.80. The van der Waals surface area contributed by atoms with Crippen molar-refractivity contribution >= 4 is 32.7 Å². The second-order valence-electron chi connectivity index (χ2n) is 12.5. The highest BCUT2D eigenvalue weighted by Gasteiger charge is 2.30. The van der Waals surface area contributed by atoms with Gasteiger partial charge in [0.1, 0.15) is 0 Å². The van der Waals surface area contributed by atoms with Gasteiger partial charge in [-0.05, 0) is 28.8 Å². The minimum absolute atomic E-state index is 0.146. The van der Waals surface area contributed by atoms with Crippen LogP contribution in [-0.4, -0.2) is 15.0 Å². The van der Waals surface area contributed by atoms with E-state index < -0.39 is 34.6 Å². The van der Waals surface area contributed by atoms with Crippen LogP contribution in [0.1, 0.15) is 0 Å². The standard InChI is InChI=1S/C45H24F5N3/c46-37-35(38(47)40(49)41(50)39(37)48)28-20-10-11-21-29(28)44-36-34(30-22-12-13-23-32(30)51-44)31(25-14-4-1-5-15-25)24-33-45(36)53-43(27-18-8-3-9-19-27)42(52-33)26-16-6-2-7-17-26/h1-24H. The first-order valence-electron chi connectivity index (χ1n) is 16.8. The molecule has 0 aliphatic carbocycles. The Morgan fingerprint density at radius 2 is 0.811 bits per heavy atom. The number of fused-ring (bicyclic) bond motifs is 5. The minimum Gasteiger partial charge on any atom is -0.247 e. The molecule has 0 saturated carbocycles. The smallest absolute Gasteiger partial charge is 0.200 e. The second-order valence-corrected chi connectivity index (χ2v) is 12.5. The summed E-state index contributed by atoms with van der Waals surface area (Å²) in [6, 6.07) is 44.5. The number of hydrogen-bond donors (Lipinski definition) is 0. The summed E-state index contributed by atoms with van der Waals surface area (Å²) >= 11 is 0. The van der Waals surface area contributed by atoms with E-state index in [0.717, 1.165) is 33.0 Å². The number of pyridine rings is 1. The molecule has 0 fully saturated rings. The molecule has 254 valence electrons. The summed E-state index contributed by atoms with van der Waals surface area (Å²) in [6.07, 6.45) is 0. The molecular weight excluding hydrogens is 678 g/mol. The Kier molecular flexibility index (Phi) is 7.73. The van der Waals surface area contributed by atoms with Gasteiger partial charge in [0.2, 0.25) is 5.82 Å². The van der Waals surface area contributed by atoms with Crippen LogP contribution in [0.4, 0.5) is 22.0 Å². The molecule has 0 saturated heterocycles. The normalized spacial score (nSPS) is 11.5. The highest BCUT2D eigenvalue weighted by atomic mass is 19.2. The van der Waals surface area contributed by atoms with Crippen LogP contribution in [0, 0.1) is 29.1 Å². The second kappa shape index (κ2) is 12.8. The zero-order chi connectivity index (χ0) is 36.2. The van der Waals surface area contributed by atoms with Gasteiger partial charge >= 0.3 is 0 Å². The van der Waals surface area contributed by atoms with Crippen LogP contribution in [0.5, 0.6) is 0 Å². The SMILES string of the molecule is Fc1c(F)c(F)c(-c2ccccc2-c2nc3ccccc3c3c(-c4ccccc4)cc4nc(-c5ccccc5)c(-c5ccccc5)nc4c23)c(F)c1F. The van der Waals surface area contributed by atoms with E-state index in [2.05, 4.69) is 0 Å². The van der Waals surface area contributed by atoms with Crippen LogP contribution in [-0.2, 0) is 0 Å². The monoisotopic (exact) mass is 701 g/mol. The maximum Gasteiger partial charge on any atom is 0.200 e. The molecule has 2 aromatic heterocycles. The summed E-state index contributed by atoms with van der Waals surface area (Å²) in [4.78, 5) is 15.7. The van der Waals surface area contributed by atoms with Crippen molar-refractivity contribution in [1.82, 2.24) is 15.0 Å². The van der Waals surface area contributed by atoms with Crippen molar-refractivity contribution in [1.29, 1.82) is 0 Å². The van der Waals surface area contributed by atoms with Crippen LogP contribution in [0.2, 0.25) is 0 Å². The lowest BCUT2D eigenvalue weighted by molar-refractivity contribution is 0.381. The summed E-state index contributed by atoms with van der Waals surface area (Å²) in [5, 5.41) is 2.01. The molecule has 0 N–H and O–H groups in total. The van der Waals surface area contributed by atoms with E-state index in [1.807, 2.05) is 121 Å². The summed E-state index contributed by atoms with van der Waals surface area (Å²) in [5.74, 6) is -10.2. The molecule has 3 nitrogen and oxygen atoms in total. The first kappa shape index (κ1) is 32.1. The predicted octanol–water partition coefficient (Wildman–Crippen LogP) is 12.4. The van der Waals surface area contributed by atoms with Gasteiger partial charge in [0.05, 0.1) is 39.2 Å². The van der Waals surface area contributed by atoms with Crippen LogP contribution < -0.4 is 0 Å². The third kappa shape index (κ3) is 5.21. The lowest BCUT2D eigenvalue weighted by Crippen LogP contribution is -2.05. The lowest BCUT2D eigenvalue weighted by Gasteiger charge is -2.19. The summed E-state index contributed by atoms with van der Waals surface area (Å²) < 4.78 is 74.9. The fourth-order valence-electron chi connectivity index (χ4n) is 7.05. The molecule has 0 unspecified atom stereocenters. The zero-order valence-corrected chi connectivity index (χ0v) is 27.6. The largest absolute Gasteiger partial charge is 0.247 e. The average molecular weight is 702 g/mol. The van der Waals surface area contributed by atoms with E-state index in [9.17, 15) is 13.2 Å². The fourth-order valence-corrected chi connectivity index (χ4v) is 7.05. The summed E-state index contributed by atoms with van der Waals surface area (Å²) in [6.45, 7) is 0. The zero-order valence-electron chi connectivity index (χ0n) is 27.6. The molecule has 53 heavy (non-hydrogen) atoms. The van der Waals surface area contributed by atoms with Crippen molar-refractivity contribution in [2.45, 2.75) is 0 Å². The van der Waals surface area contributed by atoms with Crippen LogP contribution in [0.25, 0.3) is 88.7 Å². The Morgan fingerprint density at radius 1 is 0.340 bits per heavy atom. The van der Waals surface area contributed by atoms with Gasteiger partial charge in [-0.15, -0.1) is 0 Å². The number of aromatic nitrogens is 3. The van der Waals surface area contributed by atoms with Crippen molar-refractivity contribution in [3.63, 3.8) is 0 Å². The summed E-state index contributed by atoms with van der Waals surface area (Å²) in [5.41, 5.74) is 5.16. The number of benzene rings is 7. The van der Waals surface area contributed by atoms with Gasteiger partial charge in [-0.3, -0.25) is 0 Å². The Morgan fingerprint density at radius 3 is 1.43 bits per heavy atom. The summed E-state index contributed by atoms with van der Waals surface area (Å²) in [7, 11) is 0. The van der Waals surface area contributed by atoms with Crippen LogP contribution >= 0.6 is 0 Å². The van der Waals surface area contributed by atoms with Gasteiger partial charge in [0.25, 0.3) is 0 Å². The quantitative estimate of drug-likeness (QED) is 0.0776. The molecule has 0 bridgehead atoms. The Balaban J connectivity index is 1.51. The van der Waals surface area contributed by atoms with E-state index in [4.69, 9.17) is 15.0 Å². The molecule has 0 aliphatic heterocycles. The fraction of sp³-hybridized carbons (Fsp3) is 0. The number of halogens is 5. The number of para-hydroxylation sites is 1. The van der Waals surface area contributed by atoms with Gasteiger partial charge in [-0.25, -0.2) is 36.9 Å². The maximum atomic E-state index is 15.6. The topological polar surface area (TPSA) is 38.7 Å². The van der Waals surface area contributed by atoms with E-state index >= 15 is 8.78 Å². The Labute approximate surface area is 299 Å². The van der Waals surface area contributed by atoms with Gasteiger partial charge < -0.3 is 0 Å². The molecule has 8 heteroatoms. The molecule has 0 spiro atoms. The molecule has 0 aliphatic rings. The first-order valence-corrected chi connectivity index (χ1v) is 16.8. The van der Waals surface area contributed by atoms with Crippen LogP contribution in [0.3, 0.4) is 0 Å². The lowest BCUT2D eigenvalue weighted by atomic mass is 9.89. The highest BCUT2D eigenvalue weighted by molar-refractivity contribution is 6.25. The van der Waals surface area contributed by atoms with Crippen molar-refractivity contribution in [2.24, 2.45) is 0 Å². The number of nitrogens with zero attached hydrogens (tertiary/aromatic N) is 3. The van der Waals surface area contributed by atoms with E-state index in [-0.39, 0.29) is 16.8 Å². The molecule has 0 atom stereocenters. The molecule has 7 aromatic carbocycles. The van der Waals surface area contributed by atoms with E-state index in [1.165, 1.54) is 12.1 Å². The maximum absolute atomic E-state index is 15.6. The molecule has 0 radical (unpaired) electrons. The number of rotatable bonds is 5. The molecular formula is C45H24F5N3. The first-order chi connectivity index (χ1) is 25.9. The van der Waals surface area contributed by atoms with Crippen molar-refractivity contribution < 1.29 is 22.0 Å². The minimum atomic E-state index is -2.23. The van der Waals surface area contributed by atoms with Gasteiger partial charge in [0.15, 0.2) is 23.3 Å². The molecule has 9 rings (SSSR count). The van der Waals surface area contributed by atoms with Crippen molar-refractivity contribution in [3.05, 3.63) is 175 Å². The van der Waals surface area contributed by atoms with Crippen molar-refractivity contribution in [3.8, 4) is 56.0 Å². The third-order valence-corrected chi connectivity index (χ3v) is 9.44. The third-order valence-electron chi connectivity index (χ3n) is 9.44. The van der Waals surface area contributed by atoms with E-state index in [0.29, 0.717) is 33.3 Å².